The van der Waals surface area contributed by atoms with Gasteiger partial charge in [-0.2, -0.15) is 0 Å². The monoisotopic (exact) mass is 329 g/mol. The first-order valence-corrected chi connectivity index (χ1v) is 7.72. The smallest absolute Gasteiger partial charge is 0.410 e. The van der Waals surface area contributed by atoms with Crippen molar-refractivity contribution in [2.24, 2.45) is 0 Å². The molecule has 0 saturated carbocycles. The average Bonchev–Trinajstić information content (AvgIpc) is 2.43. The summed E-state index contributed by atoms with van der Waals surface area (Å²) >= 11 is 5.88. The number of benzene rings is 1. The van der Waals surface area contributed by atoms with Crippen LogP contribution in [0, 0.1) is 5.82 Å². The predicted octanol–water partition coefficient (Wildman–Crippen LogP) is 4.26. The Balaban J connectivity index is 1.87. The Morgan fingerprint density at radius 1 is 1.32 bits per heavy atom. The second-order valence-corrected chi connectivity index (χ2v) is 6.71. The van der Waals surface area contributed by atoms with Gasteiger partial charge in [0.1, 0.15) is 28.3 Å². The van der Waals surface area contributed by atoms with E-state index in [9.17, 15) is 9.18 Å². The second-order valence-electron chi connectivity index (χ2n) is 6.34. The maximum atomic E-state index is 13.4. The predicted molar refractivity (Wildman–Crippen MR) is 82.9 cm³/mol. The molecule has 4 nitrogen and oxygen atoms in total. The van der Waals surface area contributed by atoms with Crippen molar-refractivity contribution >= 4 is 17.7 Å². The zero-order valence-corrected chi connectivity index (χ0v) is 13.8. The molecule has 0 N–H and O–H groups in total. The van der Waals surface area contributed by atoms with Crippen molar-refractivity contribution in [3.8, 4) is 5.75 Å². The number of ether oxygens (including phenoxy) is 2. The molecule has 1 aromatic rings. The van der Waals surface area contributed by atoms with E-state index in [1.165, 1.54) is 6.07 Å². The molecule has 1 aliphatic rings. The van der Waals surface area contributed by atoms with E-state index >= 15 is 0 Å². The lowest BCUT2D eigenvalue weighted by atomic mass is 10.1. The van der Waals surface area contributed by atoms with Crippen LogP contribution in [0.25, 0.3) is 0 Å². The zero-order valence-electron chi connectivity index (χ0n) is 13.1. The van der Waals surface area contributed by atoms with Gasteiger partial charge in [-0.25, -0.2) is 9.18 Å². The summed E-state index contributed by atoms with van der Waals surface area (Å²) in [6.07, 6.45) is 0.922. The van der Waals surface area contributed by atoms with Crippen LogP contribution in [-0.2, 0) is 4.74 Å². The summed E-state index contributed by atoms with van der Waals surface area (Å²) in [6.45, 7) is 6.62. The first kappa shape index (κ1) is 16.9. The Morgan fingerprint density at radius 3 is 2.55 bits per heavy atom. The normalized spacial score (nSPS) is 16.5. The minimum absolute atomic E-state index is 0.00271. The largest absolute Gasteiger partial charge is 0.489 e. The lowest BCUT2D eigenvalue weighted by Gasteiger charge is -2.33. The van der Waals surface area contributed by atoms with Crippen LogP contribution in [0.4, 0.5) is 9.18 Å². The molecule has 0 unspecified atom stereocenters. The Bertz CT molecular complexity index is 537. The first-order chi connectivity index (χ1) is 10.3. The van der Waals surface area contributed by atoms with Gasteiger partial charge < -0.3 is 14.4 Å². The summed E-state index contributed by atoms with van der Waals surface area (Å²) in [5.74, 6) is -0.150. The van der Waals surface area contributed by atoms with E-state index in [4.69, 9.17) is 21.1 Å². The summed E-state index contributed by atoms with van der Waals surface area (Å²) < 4.78 is 24.5. The lowest BCUT2D eigenvalue weighted by molar-refractivity contribution is 0.0126. The van der Waals surface area contributed by atoms with Crippen LogP contribution in [0.1, 0.15) is 33.6 Å². The van der Waals surface area contributed by atoms with Gasteiger partial charge in [0.2, 0.25) is 0 Å². The minimum atomic E-state index is -0.500. The highest BCUT2D eigenvalue weighted by atomic mass is 35.5. The van der Waals surface area contributed by atoms with Crippen LogP contribution in [0.3, 0.4) is 0 Å². The molecule has 122 valence electrons. The van der Waals surface area contributed by atoms with E-state index in [1.807, 2.05) is 20.8 Å². The Morgan fingerprint density at radius 2 is 1.95 bits per heavy atom. The van der Waals surface area contributed by atoms with Crippen molar-refractivity contribution in [1.82, 2.24) is 4.90 Å². The molecule has 2 rings (SSSR count). The highest BCUT2D eigenvalue weighted by Crippen LogP contribution is 2.29. The van der Waals surface area contributed by atoms with Crippen LogP contribution in [0.15, 0.2) is 18.2 Å². The zero-order chi connectivity index (χ0) is 16.3. The molecule has 0 radical (unpaired) electrons. The Kier molecular flexibility index (Phi) is 5.16. The van der Waals surface area contributed by atoms with Gasteiger partial charge in [0.25, 0.3) is 0 Å². The number of hydrogen-bond donors (Lipinski definition) is 0. The van der Waals surface area contributed by atoms with E-state index in [0.29, 0.717) is 31.7 Å². The standard InChI is InChI=1S/C16H21ClFNO3/c1-16(2,3)22-15(20)19-9-7-11(8-10-19)21-13-6-4-5-12(18)14(13)17/h4-6,11H,7-10H2,1-3H3. The molecule has 0 aromatic heterocycles. The Hall–Kier alpha value is -1.49. The number of hydrogen-bond acceptors (Lipinski definition) is 3. The fourth-order valence-corrected chi connectivity index (χ4v) is 2.41. The quantitative estimate of drug-likeness (QED) is 0.814. The second kappa shape index (κ2) is 6.73. The fourth-order valence-electron chi connectivity index (χ4n) is 2.24. The molecule has 1 aliphatic heterocycles. The lowest BCUT2D eigenvalue weighted by Crippen LogP contribution is -2.44. The third-order valence-corrected chi connectivity index (χ3v) is 3.67. The molecule has 1 aromatic carbocycles. The van der Waals surface area contributed by atoms with Crippen molar-refractivity contribution in [1.29, 1.82) is 0 Å². The molecule has 0 bridgehead atoms. The van der Waals surface area contributed by atoms with Crippen molar-refractivity contribution in [2.75, 3.05) is 13.1 Å². The van der Waals surface area contributed by atoms with Gasteiger partial charge in [-0.05, 0) is 32.9 Å². The molecular formula is C16H21ClFNO3. The summed E-state index contributed by atoms with van der Waals surface area (Å²) in [4.78, 5) is 13.6. The van der Waals surface area contributed by atoms with Gasteiger partial charge in [0, 0.05) is 25.9 Å². The van der Waals surface area contributed by atoms with Crippen molar-refractivity contribution in [2.45, 2.75) is 45.3 Å². The molecule has 22 heavy (non-hydrogen) atoms. The molecule has 1 amide bonds. The molecule has 1 fully saturated rings. The van der Waals surface area contributed by atoms with Crippen molar-refractivity contribution in [3.05, 3.63) is 29.0 Å². The highest BCUT2D eigenvalue weighted by Gasteiger charge is 2.28. The highest BCUT2D eigenvalue weighted by molar-refractivity contribution is 6.32. The van der Waals surface area contributed by atoms with Crippen LogP contribution in [0.2, 0.25) is 5.02 Å². The molecule has 0 spiro atoms. The number of nitrogens with zero attached hydrogens (tertiary/aromatic N) is 1. The molecule has 6 heteroatoms. The van der Waals surface area contributed by atoms with E-state index < -0.39 is 11.4 Å². The minimum Gasteiger partial charge on any atom is -0.489 e. The number of carbonyl (C=O) groups excluding carboxylic acids is 1. The third-order valence-electron chi connectivity index (χ3n) is 3.30. The van der Waals surface area contributed by atoms with Gasteiger partial charge in [0.05, 0.1) is 0 Å². The van der Waals surface area contributed by atoms with Crippen LogP contribution in [-0.4, -0.2) is 35.8 Å². The van der Waals surface area contributed by atoms with Crippen LogP contribution >= 0.6 is 11.6 Å². The maximum Gasteiger partial charge on any atom is 0.410 e. The number of halogens is 2. The third kappa shape index (κ3) is 4.50. The van der Waals surface area contributed by atoms with Gasteiger partial charge in [-0.15, -0.1) is 0 Å². The van der Waals surface area contributed by atoms with Gasteiger partial charge in [0.15, 0.2) is 0 Å². The number of amides is 1. The van der Waals surface area contributed by atoms with Crippen LogP contribution < -0.4 is 4.74 Å². The van der Waals surface area contributed by atoms with Gasteiger partial charge in [-0.1, -0.05) is 17.7 Å². The maximum absolute atomic E-state index is 13.4. The number of carbonyl (C=O) groups is 1. The fraction of sp³-hybridized carbons (Fsp3) is 0.562. The van der Waals surface area contributed by atoms with E-state index in [-0.39, 0.29) is 17.2 Å². The topological polar surface area (TPSA) is 38.8 Å². The number of piperidine rings is 1. The van der Waals surface area contributed by atoms with E-state index in [2.05, 4.69) is 0 Å². The van der Waals surface area contributed by atoms with Crippen molar-refractivity contribution in [3.63, 3.8) is 0 Å². The van der Waals surface area contributed by atoms with Gasteiger partial charge >= 0.3 is 6.09 Å². The number of rotatable bonds is 2. The van der Waals surface area contributed by atoms with Crippen LogP contribution in [0.5, 0.6) is 5.75 Å². The van der Waals surface area contributed by atoms with E-state index in [0.717, 1.165) is 0 Å². The summed E-state index contributed by atoms with van der Waals surface area (Å²) in [6, 6.07) is 4.50. The Labute approximate surface area is 135 Å². The van der Waals surface area contributed by atoms with Gasteiger partial charge in [-0.3, -0.25) is 0 Å². The van der Waals surface area contributed by atoms with Crippen molar-refractivity contribution < 1.29 is 18.7 Å². The molecule has 0 aliphatic carbocycles. The molecule has 1 heterocycles. The molecule has 0 atom stereocenters. The first-order valence-electron chi connectivity index (χ1n) is 7.35. The molecular weight excluding hydrogens is 309 g/mol. The SMILES string of the molecule is CC(C)(C)OC(=O)N1CCC(Oc2cccc(F)c2Cl)CC1. The van der Waals surface area contributed by atoms with E-state index in [1.54, 1.807) is 17.0 Å². The summed E-state index contributed by atoms with van der Waals surface area (Å²) in [7, 11) is 0. The summed E-state index contributed by atoms with van der Waals surface area (Å²) in [5, 5.41) is -0.00271. The summed E-state index contributed by atoms with van der Waals surface area (Å²) in [5.41, 5.74) is -0.500. The average molecular weight is 330 g/mol. The number of likely N-dealkylation sites (tertiary alicyclic amines) is 1. The molecule has 1 saturated heterocycles.